The average Bonchev–Trinajstić information content (AvgIpc) is 3.69. The summed E-state index contributed by atoms with van der Waals surface area (Å²) in [5, 5.41) is 7.22. The van der Waals surface area contributed by atoms with Gasteiger partial charge in [-0.3, -0.25) is 0 Å². The van der Waals surface area contributed by atoms with Crippen molar-refractivity contribution >= 4 is 60.5 Å². The van der Waals surface area contributed by atoms with E-state index < -0.39 is 0 Å². The SMILES string of the molecule is c1ccc(-c2ccc(-c3ccc4ccccc4c3)cc2N(c2ccc(-c3ccc4ccccc4c3)cc2)c2ccc(-c3cccc4oc5ccccc5c34)cc2)cc1. The van der Waals surface area contributed by atoms with Crippen molar-refractivity contribution in [1.82, 2.24) is 0 Å². The fourth-order valence-corrected chi connectivity index (χ4v) is 8.53. The number of hydrogen-bond acceptors (Lipinski definition) is 2. The van der Waals surface area contributed by atoms with Crippen LogP contribution in [0, 0.1) is 0 Å². The summed E-state index contributed by atoms with van der Waals surface area (Å²) in [5.74, 6) is 0. The fourth-order valence-electron chi connectivity index (χ4n) is 8.53. The number of hydrogen-bond donors (Lipinski definition) is 0. The van der Waals surface area contributed by atoms with Crippen LogP contribution in [0.5, 0.6) is 0 Å². The van der Waals surface area contributed by atoms with Gasteiger partial charge in [0.2, 0.25) is 0 Å². The van der Waals surface area contributed by atoms with Gasteiger partial charge in [0, 0.05) is 27.7 Å². The molecule has 0 spiro atoms. The summed E-state index contributed by atoms with van der Waals surface area (Å²) in [6.07, 6.45) is 0. The van der Waals surface area contributed by atoms with Gasteiger partial charge < -0.3 is 9.32 Å². The van der Waals surface area contributed by atoms with Crippen molar-refractivity contribution in [1.29, 1.82) is 0 Å². The molecule has 0 unspecified atom stereocenters. The lowest BCUT2D eigenvalue weighted by molar-refractivity contribution is 0.669. The number of benzene rings is 10. The Hall–Kier alpha value is -7.68. The summed E-state index contributed by atoms with van der Waals surface area (Å²) in [7, 11) is 0. The predicted octanol–water partition coefficient (Wildman–Crippen LogP) is 16.0. The highest BCUT2D eigenvalue weighted by Gasteiger charge is 2.20. The maximum atomic E-state index is 6.27. The molecule has 0 atom stereocenters. The lowest BCUT2D eigenvalue weighted by atomic mass is 9.95. The Kier molecular flexibility index (Phi) is 8.19. The molecule has 0 saturated carbocycles. The molecule has 11 aromatic rings. The number of fused-ring (bicyclic) bond motifs is 5. The van der Waals surface area contributed by atoms with Crippen molar-refractivity contribution in [3.8, 4) is 44.5 Å². The highest BCUT2D eigenvalue weighted by molar-refractivity contribution is 6.12. The largest absolute Gasteiger partial charge is 0.456 e. The molecule has 0 radical (unpaired) electrons. The molecule has 0 aliphatic carbocycles. The van der Waals surface area contributed by atoms with Crippen molar-refractivity contribution in [2.75, 3.05) is 4.90 Å². The van der Waals surface area contributed by atoms with Crippen LogP contribution in [0.2, 0.25) is 0 Å². The summed E-state index contributed by atoms with van der Waals surface area (Å²) in [6.45, 7) is 0. The van der Waals surface area contributed by atoms with Gasteiger partial charge in [0.15, 0.2) is 0 Å². The van der Waals surface area contributed by atoms with E-state index in [2.05, 4.69) is 217 Å². The Morgan fingerprint density at radius 3 is 1.48 bits per heavy atom. The summed E-state index contributed by atoms with van der Waals surface area (Å²) in [6, 6.07) is 80.9. The quantitative estimate of drug-likeness (QED) is 0.162. The zero-order chi connectivity index (χ0) is 38.4. The van der Waals surface area contributed by atoms with Gasteiger partial charge in [0.05, 0.1) is 5.69 Å². The molecule has 0 bridgehead atoms. The van der Waals surface area contributed by atoms with Crippen molar-refractivity contribution in [3.63, 3.8) is 0 Å². The molecule has 272 valence electrons. The maximum absolute atomic E-state index is 6.27. The van der Waals surface area contributed by atoms with Gasteiger partial charge in [-0.25, -0.2) is 0 Å². The number of furan rings is 1. The molecule has 1 aromatic heterocycles. The molecule has 10 aromatic carbocycles. The van der Waals surface area contributed by atoms with Crippen molar-refractivity contribution in [3.05, 3.63) is 224 Å². The van der Waals surface area contributed by atoms with Crippen LogP contribution in [0.1, 0.15) is 0 Å². The van der Waals surface area contributed by atoms with E-state index in [1.807, 2.05) is 12.1 Å². The zero-order valence-corrected chi connectivity index (χ0v) is 31.7. The van der Waals surface area contributed by atoms with E-state index in [0.717, 1.165) is 66.8 Å². The van der Waals surface area contributed by atoms with E-state index in [1.165, 1.54) is 38.2 Å². The third-order valence-electron chi connectivity index (χ3n) is 11.5. The molecule has 0 N–H and O–H groups in total. The Balaban J connectivity index is 1.08. The van der Waals surface area contributed by atoms with Crippen LogP contribution in [0.4, 0.5) is 17.1 Å². The third kappa shape index (κ3) is 6.00. The van der Waals surface area contributed by atoms with E-state index in [4.69, 9.17) is 4.42 Å². The zero-order valence-electron chi connectivity index (χ0n) is 31.7. The highest BCUT2D eigenvalue weighted by Crippen LogP contribution is 2.45. The van der Waals surface area contributed by atoms with Crippen molar-refractivity contribution in [2.45, 2.75) is 0 Å². The Morgan fingerprint density at radius 2 is 0.793 bits per heavy atom. The molecule has 11 rings (SSSR count). The first-order chi connectivity index (χ1) is 28.7. The van der Waals surface area contributed by atoms with Gasteiger partial charge in [0.25, 0.3) is 0 Å². The summed E-state index contributed by atoms with van der Waals surface area (Å²) in [4.78, 5) is 2.41. The van der Waals surface area contributed by atoms with Gasteiger partial charge in [-0.2, -0.15) is 0 Å². The van der Waals surface area contributed by atoms with Crippen LogP contribution in [0.3, 0.4) is 0 Å². The van der Waals surface area contributed by atoms with Gasteiger partial charge in [0.1, 0.15) is 11.2 Å². The number of anilines is 3. The first-order valence-electron chi connectivity index (χ1n) is 19.8. The van der Waals surface area contributed by atoms with Crippen LogP contribution >= 0.6 is 0 Å². The van der Waals surface area contributed by atoms with E-state index in [1.54, 1.807) is 0 Å². The Morgan fingerprint density at radius 1 is 0.293 bits per heavy atom. The van der Waals surface area contributed by atoms with Crippen LogP contribution in [-0.2, 0) is 0 Å². The molecule has 0 saturated heterocycles. The Labute approximate surface area is 337 Å². The normalized spacial score (nSPS) is 11.4. The minimum atomic E-state index is 0.897. The average molecular weight is 740 g/mol. The lowest BCUT2D eigenvalue weighted by Gasteiger charge is -2.29. The molecule has 2 nitrogen and oxygen atoms in total. The van der Waals surface area contributed by atoms with Gasteiger partial charge in [-0.1, -0.05) is 170 Å². The lowest BCUT2D eigenvalue weighted by Crippen LogP contribution is -2.11. The number of para-hydroxylation sites is 1. The second-order valence-corrected chi connectivity index (χ2v) is 14.9. The van der Waals surface area contributed by atoms with Crippen LogP contribution in [0.15, 0.2) is 229 Å². The molecule has 58 heavy (non-hydrogen) atoms. The predicted molar refractivity (Wildman–Crippen MR) is 245 cm³/mol. The summed E-state index contributed by atoms with van der Waals surface area (Å²) >= 11 is 0. The first kappa shape index (κ1) is 33.6. The highest BCUT2D eigenvalue weighted by atomic mass is 16.3. The van der Waals surface area contributed by atoms with Crippen LogP contribution < -0.4 is 4.90 Å². The van der Waals surface area contributed by atoms with E-state index in [9.17, 15) is 0 Å². The molecule has 0 aliphatic heterocycles. The van der Waals surface area contributed by atoms with E-state index >= 15 is 0 Å². The van der Waals surface area contributed by atoms with Crippen molar-refractivity contribution in [2.24, 2.45) is 0 Å². The molecule has 0 aliphatic rings. The van der Waals surface area contributed by atoms with E-state index in [-0.39, 0.29) is 0 Å². The summed E-state index contributed by atoms with van der Waals surface area (Å²) in [5.41, 5.74) is 14.4. The molecule has 1 heterocycles. The molecule has 0 fully saturated rings. The second kappa shape index (κ2) is 14.1. The van der Waals surface area contributed by atoms with Gasteiger partial charge in [-0.05, 0) is 115 Å². The van der Waals surface area contributed by atoms with Gasteiger partial charge in [-0.15, -0.1) is 0 Å². The molecular weight excluding hydrogens is 703 g/mol. The monoisotopic (exact) mass is 739 g/mol. The number of nitrogens with zero attached hydrogens (tertiary/aromatic N) is 1. The second-order valence-electron chi connectivity index (χ2n) is 14.9. The minimum Gasteiger partial charge on any atom is -0.456 e. The minimum absolute atomic E-state index is 0.897. The Bertz CT molecular complexity index is 3270. The fraction of sp³-hybridized carbons (Fsp3) is 0. The number of rotatable bonds is 7. The maximum Gasteiger partial charge on any atom is 0.136 e. The van der Waals surface area contributed by atoms with Crippen LogP contribution in [-0.4, -0.2) is 0 Å². The molecular formula is C56H37NO. The first-order valence-corrected chi connectivity index (χ1v) is 19.8. The molecule has 2 heteroatoms. The summed E-state index contributed by atoms with van der Waals surface area (Å²) < 4.78 is 6.27. The third-order valence-corrected chi connectivity index (χ3v) is 11.5. The standard InChI is InChI=1S/C56H37NO/c1-2-13-41(14-3-1)50-34-29-47(46-24-22-39-12-5-7-16-44(39)36-46)37-53(50)57(48-30-25-40(26-31-48)45-23-21-38-11-4-6-15-43(38)35-45)49-32-27-42(28-33-49)51-18-10-20-55-56(51)52-17-8-9-19-54(52)58-55/h1-37H. The molecule has 0 amide bonds. The van der Waals surface area contributed by atoms with E-state index in [0.29, 0.717) is 0 Å². The van der Waals surface area contributed by atoms with Crippen LogP contribution in [0.25, 0.3) is 88.0 Å². The van der Waals surface area contributed by atoms with Crippen molar-refractivity contribution < 1.29 is 4.42 Å². The smallest absolute Gasteiger partial charge is 0.136 e. The van der Waals surface area contributed by atoms with Gasteiger partial charge >= 0.3 is 0 Å². The topological polar surface area (TPSA) is 16.4 Å².